The van der Waals surface area contributed by atoms with Gasteiger partial charge < -0.3 is 15.0 Å². The number of nitrogens with one attached hydrogen (secondary N) is 1. The third-order valence-corrected chi connectivity index (χ3v) is 3.15. The molecule has 3 heteroatoms. The molecule has 0 saturated heterocycles. The zero-order chi connectivity index (χ0) is 11.1. The summed E-state index contributed by atoms with van der Waals surface area (Å²) >= 11 is 0. The summed E-state index contributed by atoms with van der Waals surface area (Å²) in [6, 6.07) is 0.582. The average molecular weight is 214 g/mol. The van der Waals surface area contributed by atoms with Crippen molar-refractivity contribution in [1.82, 2.24) is 10.2 Å². The summed E-state index contributed by atoms with van der Waals surface area (Å²) < 4.78 is 5.95. The molecule has 0 aromatic carbocycles. The van der Waals surface area contributed by atoms with Gasteiger partial charge in [-0.15, -0.1) is 0 Å². The molecule has 1 aliphatic carbocycles. The molecule has 2 atom stereocenters. The second-order valence-corrected chi connectivity index (χ2v) is 4.75. The summed E-state index contributed by atoms with van der Waals surface area (Å²) in [6.07, 6.45) is 6.77. The highest BCUT2D eigenvalue weighted by molar-refractivity contribution is 4.80. The summed E-state index contributed by atoms with van der Waals surface area (Å²) in [5, 5.41) is 3.37. The van der Waals surface area contributed by atoms with Gasteiger partial charge in [0.25, 0.3) is 0 Å². The van der Waals surface area contributed by atoms with E-state index in [-0.39, 0.29) is 0 Å². The second kappa shape index (κ2) is 7.20. The van der Waals surface area contributed by atoms with Gasteiger partial charge in [0.15, 0.2) is 0 Å². The minimum atomic E-state index is 0.450. The highest BCUT2D eigenvalue weighted by Gasteiger charge is 2.23. The van der Waals surface area contributed by atoms with Crippen LogP contribution in [0.25, 0.3) is 0 Å². The van der Waals surface area contributed by atoms with Gasteiger partial charge in [0.1, 0.15) is 0 Å². The molecule has 0 aliphatic heterocycles. The second-order valence-electron chi connectivity index (χ2n) is 4.75. The minimum Gasteiger partial charge on any atom is -0.377 e. The lowest BCUT2D eigenvalue weighted by atomic mass is 9.92. The third kappa shape index (κ3) is 4.96. The molecule has 1 N–H and O–H groups in total. The number of ether oxygens (including phenoxy) is 1. The van der Waals surface area contributed by atoms with Gasteiger partial charge >= 0.3 is 0 Å². The van der Waals surface area contributed by atoms with Gasteiger partial charge in [-0.2, -0.15) is 0 Å². The van der Waals surface area contributed by atoms with Gasteiger partial charge in [0.05, 0.1) is 6.10 Å². The van der Waals surface area contributed by atoms with Crippen LogP contribution in [0.2, 0.25) is 0 Å². The van der Waals surface area contributed by atoms with Gasteiger partial charge in [-0.25, -0.2) is 0 Å². The Morgan fingerprint density at radius 1 is 1.27 bits per heavy atom. The van der Waals surface area contributed by atoms with E-state index in [1.165, 1.54) is 25.7 Å². The molecule has 0 amide bonds. The highest BCUT2D eigenvalue weighted by atomic mass is 16.5. The molecule has 2 unspecified atom stereocenters. The largest absolute Gasteiger partial charge is 0.377 e. The van der Waals surface area contributed by atoms with Crippen LogP contribution in [0, 0.1) is 0 Å². The molecule has 90 valence electrons. The third-order valence-electron chi connectivity index (χ3n) is 3.15. The van der Waals surface area contributed by atoms with Crippen molar-refractivity contribution in [1.29, 1.82) is 0 Å². The van der Waals surface area contributed by atoms with Crippen LogP contribution in [0.1, 0.15) is 32.1 Å². The Labute approximate surface area is 94.2 Å². The van der Waals surface area contributed by atoms with Crippen LogP contribution in [0.5, 0.6) is 0 Å². The zero-order valence-electron chi connectivity index (χ0n) is 10.5. The van der Waals surface area contributed by atoms with Gasteiger partial charge in [0.2, 0.25) is 0 Å². The van der Waals surface area contributed by atoms with Crippen LogP contribution in [-0.2, 0) is 4.74 Å². The van der Waals surface area contributed by atoms with Crippen LogP contribution in [0.3, 0.4) is 0 Å². The van der Waals surface area contributed by atoms with E-state index in [9.17, 15) is 0 Å². The standard InChI is InChI=1S/C12H26N2O/c1-13-11-7-4-5-8-12(11)15-10-6-9-14(2)3/h11-13H,4-10H2,1-3H3. The molecule has 1 rings (SSSR count). The Morgan fingerprint density at radius 2 is 2.00 bits per heavy atom. The Kier molecular flexibility index (Phi) is 6.22. The van der Waals surface area contributed by atoms with E-state index in [1.54, 1.807) is 0 Å². The molecule has 0 aromatic rings. The van der Waals surface area contributed by atoms with Crippen LogP contribution in [0.15, 0.2) is 0 Å². The van der Waals surface area contributed by atoms with E-state index >= 15 is 0 Å². The van der Waals surface area contributed by atoms with Crippen LogP contribution < -0.4 is 5.32 Å². The molecular formula is C12H26N2O. The smallest absolute Gasteiger partial charge is 0.0727 e. The highest BCUT2D eigenvalue weighted by Crippen LogP contribution is 2.21. The number of nitrogens with zero attached hydrogens (tertiary/aromatic N) is 1. The van der Waals surface area contributed by atoms with Crippen LogP contribution >= 0.6 is 0 Å². The van der Waals surface area contributed by atoms with Gasteiger partial charge in [-0.1, -0.05) is 12.8 Å². The van der Waals surface area contributed by atoms with Crippen molar-refractivity contribution in [2.45, 2.75) is 44.2 Å². The van der Waals surface area contributed by atoms with Gasteiger partial charge in [-0.05, 0) is 47.0 Å². The molecule has 0 aromatic heterocycles. The number of hydrogen-bond acceptors (Lipinski definition) is 3. The molecule has 0 radical (unpaired) electrons. The van der Waals surface area contributed by atoms with Crippen molar-refractivity contribution < 1.29 is 4.74 Å². The minimum absolute atomic E-state index is 0.450. The predicted octanol–water partition coefficient (Wildman–Crippen LogP) is 1.49. The van der Waals surface area contributed by atoms with E-state index in [0.717, 1.165) is 19.6 Å². The topological polar surface area (TPSA) is 24.5 Å². The first kappa shape index (κ1) is 12.9. The maximum Gasteiger partial charge on any atom is 0.0727 e. The number of likely N-dealkylation sites (N-methyl/N-ethyl adjacent to an activating group) is 1. The van der Waals surface area contributed by atoms with Crippen molar-refractivity contribution in [3.63, 3.8) is 0 Å². The summed E-state index contributed by atoms with van der Waals surface area (Å²) in [5.74, 6) is 0. The van der Waals surface area contributed by atoms with Crippen LogP contribution in [-0.4, -0.2) is 51.3 Å². The zero-order valence-corrected chi connectivity index (χ0v) is 10.5. The first-order valence-corrected chi connectivity index (χ1v) is 6.17. The Balaban J connectivity index is 2.12. The molecule has 0 heterocycles. The van der Waals surface area contributed by atoms with E-state index in [1.807, 2.05) is 7.05 Å². The normalized spacial score (nSPS) is 27.2. The molecule has 1 aliphatic rings. The SMILES string of the molecule is CNC1CCCCC1OCCCN(C)C. The van der Waals surface area contributed by atoms with Crippen molar-refractivity contribution in [2.24, 2.45) is 0 Å². The van der Waals surface area contributed by atoms with Crippen molar-refractivity contribution in [2.75, 3.05) is 34.3 Å². The molecular weight excluding hydrogens is 188 g/mol. The fraction of sp³-hybridized carbons (Fsp3) is 1.00. The van der Waals surface area contributed by atoms with Gasteiger partial charge in [0, 0.05) is 12.6 Å². The first-order valence-electron chi connectivity index (χ1n) is 6.17. The van der Waals surface area contributed by atoms with E-state index in [0.29, 0.717) is 12.1 Å². The summed E-state index contributed by atoms with van der Waals surface area (Å²) in [6.45, 7) is 2.03. The molecule has 0 spiro atoms. The number of rotatable bonds is 6. The first-order chi connectivity index (χ1) is 7.24. The number of hydrogen-bond donors (Lipinski definition) is 1. The quantitative estimate of drug-likeness (QED) is 0.678. The van der Waals surface area contributed by atoms with Gasteiger partial charge in [-0.3, -0.25) is 0 Å². The van der Waals surface area contributed by atoms with Crippen molar-refractivity contribution >= 4 is 0 Å². The Morgan fingerprint density at radius 3 is 2.67 bits per heavy atom. The maximum atomic E-state index is 5.95. The molecule has 1 saturated carbocycles. The predicted molar refractivity (Wildman–Crippen MR) is 64.2 cm³/mol. The van der Waals surface area contributed by atoms with E-state index < -0.39 is 0 Å². The summed E-state index contributed by atoms with van der Waals surface area (Å²) in [4.78, 5) is 2.21. The fourth-order valence-electron chi connectivity index (χ4n) is 2.24. The Hall–Kier alpha value is -0.120. The lowest BCUT2D eigenvalue weighted by molar-refractivity contribution is 0.00432. The van der Waals surface area contributed by atoms with E-state index in [4.69, 9.17) is 4.74 Å². The molecule has 15 heavy (non-hydrogen) atoms. The lowest BCUT2D eigenvalue weighted by Gasteiger charge is -2.31. The molecule has 3 nitrogen and oxygen atoms in total. The van der Waals surface area contributed by atoms with Crippen LogP contribution in [0.4, 0.5) is 0 Å². The lowest BCUT2D eigenvalue weighted by Crippen LogP contribution is -2.42. The van der Waals surface area contributed by atoms with Crippen molar-refractivity contribution in [3.05, 3.63) is 0 Å². The summed E-state index contributed by atoms with van der Waals surface area (Å²) in [5.41, 5.74) is 0. The average Bonchev–Trinajstić information content (AvgIpc) is 2.24. The Bertz CT molecular complexity index is 162. The van der Waals surface area contributed by atoms with E-state index in [2.05, 4.69) is 24.3 Å². The fourth-order valence-corrected chi connectivity index (χ4v) is 2.24. The molecule has 1 fully saturated rings. The molecule has 0 bridgehead atoms. The maximum absolute atomic E-state index is 5.95. The van der Waals surface area contributed by atoms with Crippen molar-refractivity contribution in [3.8, 4) is 0 Å². The monoisotopic (exact) mass is 214 g/mol. The summed E-state index contributed by atoms with van der Waals surface area (Å²) in [7, 11) is 6.26.